The van der Waals surface area contributed by atoms with Gasteiger partial charge in [-0.1, -0.05) is 13.8 Å². The van der Waals surface area contributed by atoms with Gasteiger partial charge in [0.25, 0.3) is 0 Å². The zero-order valence-corrected chi connectivity index (χ0v) is 13.0. The van der Waals surface area contributed by atoms with Crippen molar-refractivity contribution >= 4 is 11.9 Å². The summed E-state index contributed by atoms with van der Waals surface area (Å²) in [5, 5.41) is 3.00. The fourth-order valence-corrected chi connectivity index (χ4v) is 1.55. The third kappa shape index (κ3) is 10.5. The number of carbonyl (C=O) groups excluding carboxylic acids is 2. The second kappa shape index (κ2) is 7.48. The van der Waals surface area contributed by atoms with Gasteiger partial charge < -0.3 is 14.8 Å². The topological polar surface area (TPSA) is 64.6 Å². The highest BCUT2D eigenvalue weighted by Crippen LogP contribution is 2.21. The van der Waals surface area contributed by atoms with Crippen molar-refractivity contribution in [3.8, 4) is 0 Å². The summed E-state index contributed by atoms with van der Waals surface area (Å²) in [7, 11) is 0. The Labute approximate surface area is 116 Å². The molecule has 0 aliphatic heterocycles. The van der Waals surface area contributed by atoms with Gasteiger partial charge in [-0.25, -0.2) is 0 Å². The normalized spacial score (nSPS) is 12.1. The largest absolute Gasteiger partial charge is 0.465 e. The molecule has 0 aliphatic carbocycles. The van der Waals surface area contributed by atoms with Crippen molar-refractivity contribution in [2.75, 3.05) is 19.7 Å². The Kier molecular flexibility index (Phi) is 7.05. The second-order valence-electron chi connectivity index (χ2n) is 6.34. The average Bonchev–Trinajstić information content (AvgIpc) is 2.12. The third-order valence-corrected chi connectivity index (χ3v) is 2.22. The molecular formula is C14H27NO4. The zero-order valence-electron chi connectivity index (χ0n) is 13.0. The number of hydrogen-bond acceptors (Lipinski definition) is 5. The van der Waals surface area contributed by atoms with Gasteiger partial charge in [-0.2, -0.15) is 0 Å². The van der Waals surface area contributed by atoms with Crippen LogP contribution in [-0.4, -0.2) is 37.2 Å². The third-order valence-electron chi connectivity index (χ3n) is 2.22. The fraction of sp³-hybridized carbons (Fsp3) is 0.857. The molecule has 0 unspecified atom stereocenters. The van der Waals surface area contributed by atoms with Crippen molar-refractivity contribution in [1.82, 2.24) is 5.32 Å². The smallest absolute Gasteiger partial charge is 0.319 e. The first kappa shape index (κ1) is 17.9. The first-order valence-corrected chi connectivity index (χ1v) is 6.64. The minimum Gasteiger partial charge on any atom is -0.465 e. The molecule has 1 N–H and O–H groups in total. The van der Waals surface area contributed by atoms with Gasteiger partial charge in [0.1, 0.15) is 5.60 Å². The van der Waals surface area contributed by atoms with Gasteiger partial charge >= 0.3 is 11.9 Å². The summed E-state index contributed by atoms with van der Waals surface area (Å²) < 4.78 is 10.1. The molecule has 0 atom stereocenters. The van der Waals surface area contributed by atoms with Crippen LogP contribution in [-0.2, 0) is 19.1 Å². The SMILES string of the molecule is CCOC(=O)CNCC(C)(C)CC(=O)OC(C)(C)C. The van der Waals surface area contributed by atoms with Crippen LogP contribution in [0.4, 0.5) is 0 Å². The van der Waals surface area contributed by atoms with E-state index in [2.05, 4.69) is 5.32 Å². The summed E-state index contributed by atoms with van der Waals surface area (Å²) in [6.45, 7) is 12.3. The molecule has 0 aromatic rings. The molecule has 5 heteroatoms. The molecule has 0 aliphatic rings. The molecule has 19 heavy (non-hydrogen) atoms. The van der Waals surface area contributed by atoms with E-state index >= 15 is 0 Å². The predicted molar refractivity (Wildman–Crippen MR) is 73.7 cm³/mol. The minimum atomic E-state index is -0.467. The number of nitrogens with one attached hydrogen (secondary N) is 1. The lowest BCUT2D eigenvalue weighted by Gasteiger charge is -2.26. The van der Waals surface area contributed by atoms with Crippen LogP contribution in [0.1, 0.15) is 48.0 Å². The van der Waals surface area contributed by atoms with E-state index < -0.39 is 5.60 Å². The molecule has 5 nitrogen and oxygen atoms in total. The van der Waals surface area contributed by atoms with Gasteiger partial charge in [0.15, 0.2) is 0 Å². The monoisotopic (exact) mass is 273 g/mol. The highest BCUT2D eigenvalue weighted by molar-refractivity contribution is 5.72. The molecule has 0 amide bonds. The summed E-state index contributed by atoms with van der Waals surface area (Å²) in [6.07, 6.45) is 0.306. The summed E-state index contributed by atoms with van der Waals surface area (Å²) in [5.74, 6) is -0.508. The van der Waals surface area contributed by atoms with Gasteiger partial charge in [0.05, 0.1) is 19.6 Å². The Morgan fingerprint density at radius 3 is 2.11 bits per heavy atom. The van der Waals surface area contributed by atoms with E-state index in [0.29, 0.717) is 19.6 Å². The molecule has 0 bridgehead atoms. The average molecular weight is 273 g/mol. The van der Waals surface area contributed by atoms with Gasteiger partial charge in [-0.05, 0) is 33.1 Å². The Bertz CT molecular complexity index is 305. The Balaban J connectivity index is 4.04. The first-order valence-electron chi connectivity index (χ1n) is 6.64. The van der Waals surface area contributed by atoms with Crippen molar-refractivity contribution in [2.24, 2.45) is 5.41 Å². The molecular weight excluding hydrogens is 246 g/mol. The van der Waals surface area contributed by atoms with Crippen LogP contribution in [0.2, 0.25) is 0 Å². The maximum atomic E-state index is 11.7. The van der Waals surface area contributed by atoms with E-state index in [0.717, 1.165) is 0 Å². The first-order chi connectivity index (χ1) is 8.56. The van der Waals surface area contributed by atoms with E-state index in [1.54, 1.807) is 6.92 Å². The van der Waals surface area contributed by atoms with Gasteiger partial charge in [0.2, 0.25) is 0 Å². The molecule has 0 saturated heterocycles. The van der Waals surface area contributed by atoms with E-state index in [4.69, 9.17) is 9.47 Å². The maximum absolute atomic E-state index is 11.7. The Morgan fingerprint density at radius 2 is 1.63 bits per heavy atom. The number of hydrogen-bond donors (Lipinski definition) is 1. The zero-order chi connectivity index (χ0) is 15.1. The van der Waals surface area contributed by atoms with Crippen molar-refractivity contribution in [3.05, 3.63) is 0 Å². The molecule has 0 aromatic heterocycles. The van der Waals surface area contributed by atoms with E-state index in [9.17, 15) is 9.59 Å². The summed E-state index contributed by atoms with van der Waals surface area (Å²) in [5.41, 5.74) is -0.736. The molecule has 0 heterocycles. The number of carbonyl (C=O) groups is 2. The van der Waals surface area contributed by atoms with Crippen molar-refractivity contribution in [1.29, 1.82) is 0 Å². The lowest BCUT2D eigenvalue weighted by molar-refractivity contribution is -0.157. The molecule has 0 fully saturated rings. The minimum absolute atomic E-state index is 0.158. The molecule has 0 saturated carbocycles. The highest BCUT2D eigenvalue weighted by Gasteiger charge is 2.25. The van der Waals surface area contributed by atoms with Gasteiger partial charge in [-0.15, -0.1) is 0 Å². The molecule has 0 spiro atoms. The highest BCUT2D eigenvalue weighted by atomic mass is 16.6. The predicted octanol–water partition coefficient (Wildman–Crippen LogP) is 1.90. The summed E-state index contributed by atoms with van der Waals surface area (Å²) >= 11 is 0. The van der Waals surface area contributed by atoms with Crippen LogP contribution in [0.3, 0.4) is 0 Å². The Hall–Kier alpha value is -1.10. The number of esters is 2. The van der Waals surface area contributed by atoms with Crippen LogP contribution >= 0.6 is 0 Å². The quantitative estimate of drug-likeness (QED) is 0.718. The fourth-order valence-electron chi connectivity index (χ4n) is 1.55. The molecule has 0 radical (unpaired) electrons. The van der Waals surface area contributed by atoms with Crippen LogP contribution < -0.4 is 5.32 Å². The van der Waals surface area contributed by atoms with Gasteiger partial charge in [-0.3, -0.25) is 9.59 Å². The standard InChI is InChI=1S/C14H27NO4/c1-7-18-12(17)9-15-10-14(5,6)8-11(16)19-13(2,3)4/h15H,7-10H2,1-6H3. The van der Waals surface area contributed by atoms with E-state index in [1.807, 2.05) is 34.6 Å². The summed E-state index contributed by atoms with van der Waals surface area (Å²) in [4.78, 5) is 22.9. The van der Waals surface area contributed by atoms with Crippen LogP contribution in [0, 0.1) is 5.41 Å². The maximum Gasteiger partial charge on any atom is 0.319 e. The van der Waals surface area contributed by atoms with E-state index in [-0.39, 0.29) is 23.9 Å². The molecule has 0 aromatic carbocycles. The molecule has 0 rings (SSSR count). The van der Waals surface area contributed by atoms with Crippen LogP contribution in [0.25, 0.3) is 0 Å². The Morgan fingerprint density at radius 1 is 1.05 bits per heavy atom. The van der Waals surface area contributed by atoms with Crippen molar-refractivity contribution < 1.29 is 19.1 Å². The second-order valence-corrected chi connectivity index (χ2v) is 6.34. The van der Waals surface area contributed by atoms with E-state index in [1.165, 1.54) is 0 Å². The lowest BCUT2D eigenvalue weighted by atomic mass is 9.89. The van der Waals surface area contributed by atoms with Gasteiger partial charge in [0, 0.05) is 6.54 Å². The number of ether oxygens (including phenoxy) is 2. The molecule has 112 valence electrons. The van der Waals surface area contributed by atoms with Crippen LogP contribution in [0.15, 0.2) is 0 Å². The number of rotatable bonds is 7. The van der Waals surface area contributed by atoms with Crippen molar-refractivity contribution in [2.45, 2.75) is 53.6 Å². The lowest BCUT2D eigenvalue weighted by Crippen LogP contribution is -2.36. The van der Waals surface area contributed by atoms with Crippen LogP contribution in [0.5, 0.6) is 0 Å². The van der Waals surface area contributed by atoms with Crippen molar-refractivity contribution in [3.63, 3.8) is 0 Å². The summed E-state index contributed by atoms with van der Waals surface area (Å²) in [6, 6.07) is 0.